The summed E-state index contributed by atoms with van der Waals surface area (Å²) in [5.74, 6) is 1.84. The first-order valence-corrected chi connectivity index (χ1v) is 6.74. The Balaban J connectivity index is 1.80. The van der Waals surface area contributed by atoms with Crippen LogP contribution in [0.3, 0.4) is 0 Å². The molecule has 0 spiro atoms. The Morgan fingerprint density at radius 3 is 3.06 bits per heavy atom. The molecule has 0 unspecified atom stereocenters. The van der Waals surface area contributed by atoms with Gasteiger partial charge in [-0.1, -0.05) is 19.1 Å². The predicted molar refractivity (Wildman–Crippen MR) is 71.9 cm³/mol. The van der Waals surface area contributed by atoms with Crippen LogP contribution < -0.4 is 10.1 Å². The van der Waals surface area contributed by atoms with Crippen molar-refractivity contribution < 1.29 is 9.15 Å². The van der Waals surface area contributed by atoms with Gasteiger partial charge in [0.15, 0.2) is 11.3 Å². The third-order valence-electron chi connectivity index (χ3n) is 3.16. The highest BCUT2D eigenvalue weighted by atomic mass is 16.5. The zero-order chi connectivity index (χ0) is 12.4. The van der Waals surface area contributed by atoms with Crippen LogP contribution in [0.25, 0.3) is 11.0 Å². The summed E-state index contributed by atoms with van der Waals surface area (Å²) in [6.07, 6.45) is 3.60. The van der Waals surface area contributed by atoms with Gasteiger partial charge in [0.2, 0.25) is 0 Å². The van der Waals surface area contributed by atoms with Gasteiger partial charge in [0.25, 0.3) is 0 Å². The van der Waals surface area contributed by atoms with Crippen LogP contribution in [-0.2, 0) is 6.54 Å². The largest absolute Gasteiger partial charge is 0.490 e. The summed E-state index contributed by atoms with van der Waals surface area (Å²) >= 11 is 0. The summed E-state index contributed by atoms with van der Waals surface area (Å²) in [5, 5.41) is 4.58. The van der Waals surface area contributed by atoms with Crippen molar-refractivity contribution in [3.8, 4) is 5.75 Å². The molecular formula is C15H19NO2. The minimum absolute atomic E-state index is 0.703. The molecule has 0 atom stereocenters. The van der Waals surface area contributed by atoms with Gasteiger partial charge in [0, 0.05) is 11.4 Å². The van der Waals surface area contributed by atoms with Crippen molar-refractivity contribution in [3.63, 3.8) is 0 Å². The normalized spacial score (nSPS) is 15.2. The predicted octanol–water partition coefficient (Wildman–Crippen LogP) is 3.47. The summed E-state index contributed by atoms with van der Waals surface area (Å²) in [4.78, 5) is 0. The van der Waals surface area contributed by atoms with Crippen LogP contribution >= 0.6 is 0 Å². The summed E-state index contributed by atoms with van der Waals surface area (Å²) in [7, 11) is 0. The fraction of sp³-hybridized carbons (Fsp3) is 0.467. The van der Waals surface area contributed by atoms with Gasteiger partial charge in [-0.25, -0.2) is 0 Å². The van der Waals surface area contributed by atoms with Gasteiger partial charge in [-0.3, -0.25) is 0 Å². The second kappa shape index (κ2) is 5.02. The Kier molecular flexibility index (Phi) is 3.24. The molecule has 0 bridgehead atoms. The first kappa shape index (κ1) is 11.6. The van der Waals surface area contributed by atoms with E-state index in [-0.39, 0.29) is 0 Å². The minimum atomic E-state index is 0.703. The molecule has 1 N–H and O–H groups in total. The van der Waals surface area contributed by atoms with E-state index in [4.69, 9.17) is 9.15 Å². The number of nitrogens with one attached hydrogen (secondary N) is 1. The Morgan fingerprint density at radius 1 is 1.39 bits per heavy atom. The van der Waals surface area contributed by atoms with Crippen molar-refractivity contribution in [1.82, 2.24) is 5.32 Å². The van der Waals surface area contributed by atoms with Gasteiger partial charge in [-0.2, -0.15) is 0 Å². The first-order valence-electron chi connectivity index (χ1n) is 6.74. The van der Waals surface area contributed by atoms with Gasteiger partial charge in [-0.05, 0) is 31.4 Å². The maximum Gasteiger partial charge on any atom is 0.176 e. The highest BCUT2D eigenvalue weighted by Crippen LogP contribution is 2.29. The SMILES string of the molecule is CCCOc1cccc2cc(CNC3CC3)oc12. The lowest BCUT2D eigenvalue weighted by molar-refractivity contribution is 0.315. The molecule has 1 fully saturated rings. The van der Waals surface area contributed by atoms with E-state index in [1.54, 1.807) is 0 Å². The maximum atomic E-state index is 5.89. The van der Waals surface area contributed by atoms with Crippen LogP contribution in [0.2, 0.25) is 0 Å². The zero-order valence-corrected chi connectivity index (χ0v) is 10.7. The number of fused-ring (bicyclic) bond motifs is 1. The lowest BCUT2D eigenvalue weighted by atomic mass is 10.2. The topological polar surface area (TPSA) is 34.4 Å². The molecule has 0 amide bonds. The van der Waals surface area contributed by atoms with Crippen molar-refractivity contribution in [3.05, 3.63) is 30.0 Å². The number of hydrogen-bond donors (Lipinski definition) is 1. The second-order valence-electron chi connectivity index (χ2n) is 4.89. The number of para-hydroxylation sites is 1. The highest BCUT2D eigenvalue weighted by Gasteiger charge is 2.20. The first-order chi connectivity index (χ1) is 8.86. The van der Waals surface area contributed by atoms with Crippen molar-refractivity contribution >= 4 is 11.0 Å². The zero-order valence-electron chi connectivity index (χ0n) is 10.7. The molecule has 3 rings (SSSR count). The van der Waals surface area contributed by atoms with Crippen LogP contribution in [0, 0.1) is 0 Å². The Labute approximate surface area is 107 Å². The number of benzene rings is 1. The van der Waals surface area contributed by atoms with E-state index in [0.717, 1.165) is 42.1 Å². The number of furan rings is 1. The van der Waals surface area contributed by atoms with E-state index in [1.807, 2.05) is 12.1 Å². The van der Waals surface area contributed by atoms with E-state index in [9.17, 15) is 0 Å². The van der Waals surface area contributed by atoms with Crippen molar-refractivity contribution in [1.29, 1.82) is 0 Å². The highest BCUT2D eigenvalue weighted by molar-refractivity contribution is 5.83. The summed E-state index contributed by atoms with van der Waals surface area (Å²) in [6, 6.07) is 8.86. The van der Waals surface area contributed by atoms with Crippen LogP contribution in [0.1, 0.15) is 31.9 Å². The van der Waals surface area contributed by atoms with Crippen LogP contribution in [0.4, 0.5) is 0 Å². The second-order valence-corrected chi connectivity index (χ2v) is 4.89. The summed E-state index contributed by atoms with van der Waals surface area (Å²) < 4.78 is 11.6. The molecule has 3 nitrogen and oxygen atoms in total. The van der Waals surface area contributed by atoms with Crippen LogP contribution in [-0.4, -0.2) is 12.6 Å². The molecule has 0 aliphatic heterocycles. The molecule has 1 heterocycles. The molecule has 1 aliphatic rings. The van der Waals surface area contributed by atoms with Gasteiger partial charge in [0.05, 0.1) is 13.2 Å². The molecule has 3 heteroatoms. The molecule has 2 aromatic rings. The van der Waals surface area contributed by atoms with E-state index in [0.29, 0.717) is 6.04 Å². The monoisotopic (exact) mass is 245 g/mol. The third kappa shape index (κ3) is 2.51. The maximum absolute atomic E-state index is 5.89. The molecule has 1 saturated carbocycles. The van der Waals surface area contributed by atoms with Gasteiger partial charge in [0.1, 0.15) is 5.76 Å². The summed E-state index contributed by atoms with van der Waals surface area (Å²) in [6.45, 7) is 3.65. The van der Waals surface area contributed by atoms with E-state index >= 15 is 0 Å². The Bertz CT molecular complexity index is 528. The smallest absolute Gasteiger partial charge is 0.176 e. The van der Waals surface area contributed by atoms with Crippen molar-refractivity contribution in [2.45, 2.75) is 38.8 Å². The molecule has 1 aliphatic carbocycles. The van der Waals surface area contributed by atoms with Gasteiger partial charge >= 0.3 is 0 Å². The number of hydrogen-bond acceptors (Lipinski definition) is 3. The van der Waals surface area contributed by atoms with Crippen molar-refractivity contribution in [2.75, 3.05) is 6.61 Å². The number of ether oxygens (including phenoxy) is 1. The van der Waals surface area contributed by atoms with Gasteiger partial charge in [-0.15, -0.1) is 0 Å². The molecule has 1 aromatic carbocycles. The van der Waals surface area contributed by atoms with Crippen LogP contribution in [0.5, 0.6) is 5.75 Å². The van der Waals surface area contributed by atoms with E-state index in [2.05, 4.69) is 24.4 Å². The lowest BCUT2D eigenvalue weighted by Gasteiger charge is -2.04. The molecule has 18 heavy (non-hydrogen) atoms. The Hall–Kier alpha value is -1.48. The molecule has 1 aromatic heterocycles. The Morgan fingerprint density at radius 2 is 2.28 bits per heavy atom. The standard InChI is InChI=1S/C15H19NO2/c1-2-8-17-14-5-3-4-11-9-13(18-15(11)14)10-16-12-6-7-12/h3-5,9,12,16H,2,6-8,10H2,1H3. The number of rotatable bonds is 6. The van der Waals surface area contributed by atoms with E-state index < -0.39 is 0 Å². The lowest BCUT2D eigenvalue weighted by Crippen LogP contribution is -2.14. The third-order valence-corrected chi connectivity index (χ3v) is 3.16. The molecular weight excluding hydrogens is 226 g/mol. The van der Waals surface area contributed by atoms with Crippen LogP contribution in [0.15, 0.2) is 28.7 Å². The molecule has 0 radical (unpaired) electrons. The fourth-order valence-corrected chi connectivity index (χ4v) is 2.03. The average molecular weight is 245 g/mol. The molecule has 96 valence electrons. The average Bonchev–Trinajstić information content (AvgIpc) is 3.12. The summed E-state index contributed by atoms with van der Waals surface area (Å²) in [5.41, 5.74) is 0.874. The van der Waals surface area contributed by atoms with Gasteiger partial charge < -0.3 is 14.5 Å². The van der Waals surface area contributed by atoms with Crippen molar-refractivity contribution in [2.24, 2.45) is 0 Å². The molecule has 0 saturated heterocycles. The van der Waals surface area contributed by atoms with E-state index in [1.165, 1.54) is 12.8 Å². The minimum Gasteiger partial charge on any atom is -0.490 e. The quantitative estimate of drug-likeness (QED) is 0.846. The fourth-order valence-electron chi connectivity index (χ4n) is 2.03.